The monoisotopic (exact) mass is 436 g/mol. The van der Waals surface area contributed by atoms with Crippen LogP contribution in [0.1, 0.15) is 46.0 Å². The Morgan fingerprint density at radius 2 is 1.67 bits per heavy atom. The van der Waals surface area contributed by atoms with E-state index in [1.807, 2.05) is 0 Å². The first-order valence-electron chi connectivity index (χ1n) is 10.2. The third kappa shape index (κ3) is 4.81. The molecule has 10 heteroatoms. The Hall–Kier alpha value is -2.46. The number of amides is 4. The molecule has 4 amide bonds. The number of hydrogen-bond acceptors (Lipinski definition) is 5. The van der Waals surface area contributed by atoms with E-state index in [1.54, 1.807) is 26.0 Å². The Bertz CT molecular complexity index is 919. The maximum atomic E-state index is 12.8. The van der Waals surface area contributed by atoms with Crippen LogP contribution in [0.15, 0.2) is 29.2 Å². The van der Waals surface area contributed by atoms with Gasteiger partial charge in [0.2, 0.25) is 15.9 Å². The van der Waals surface area contributed by atoms with Crippen LogP contribution in [-0.2, 0) is 19.6 Å². The summed E-state index contributed by atoms with van der Waals surface area (Å²) in [6.07, 6.45) is 3.76. The van der Waals surface area contributed by atoms with Crippen LogP contribution in [0.5, 0.6) is 0 Å². The van der Waals surface area contributed by atoms with Gasteiger partial charge in [-0.25, -0.2) is 13.2 Å². The molecule has 0 unspecified atom stereocenters. The molecule has 0 saturated carbocycles. The zero-order chi connectivity index (χ0) is 21.9. The third-order valence-electron chi connectivity index (χ3n) is 5.35. The predicted octanol–water partition coefficient (Wildman–Crippen LogP) is 1.91. The summed E-state index contributed by atoms with van der Waals surface area (Å²) >= 11 is 0. The summed E-state index contributed by atoms with van der Waals surface area (Å²) in [6, 6.07) is 5.53. The normalized spacial score (nSPS) is 20.0. The summed E-state index contributed by atoms with van der Waals surface area (Å²) in [4.78, 5) is 37.4. The van der Waals surface area contributed by atoms with Gasteiger partial charge in [-0.15, -0.1) is 0 Å². The van der Waals surface area contributed by atoms with Gasteiger partial charge in [0, 0.05) is 31.7 Å². The maximum absolute atomic E-state index is 12.8. The van der Waals surface area contributed by atoms with Gasteiger partial charge in [-0.05, 0) is 51.0 Å². The number of hydrogen-bond donors (Lipinski definition) is 2. The van der Waals surface area contributed by atoms with Crippen LogP contribution >= 0.6 is 0 Å². The van der Waals surface area contributed by atoms with Crippen molar-refractivity contribution in [2.24, 2.45) is 0 Å². The van der Waals surface area contributed by atoms with Gasteiger partial charge in [0.05, 0.1) is 4.90 Å². The Balaban J connectivity index is 1.57. The summed E-state index contributed by atoms with van der Waals surface area (Å²) in [6.45, 7) is 4.24. The van der Waals surface area contributed by atoms with Crippen molar-refractivity contribution in [1.29, 1.82) is 0 Å². The first-order chi connectivity index (χ1) is 14.1. The van der Waals surface area contributed by atoms with Gasteiger partial charge in [0.1, 0.15) is 5.54 Å². The van der Waals surface area contributed by atoms with E-state index in [1.165, 1.54) is 16.4 Å². The summed E-state index contributed by atoms with van der Waals surface area (Å²) in [5.41, 5.74) is -0.519. The predicted molar refractivity (Wildman–Crippen MR) is 111 cm³/mol. The molecule has 2 fully saturated rings. The van der Waals surface area contributed by atoms with Gasteiger partial charge in [-0.1, -0.05) is 12.8 Å². The van der Waals surface area contributed by atoms with Crippen molar-refractivity contribution < 1.29 is 22.8 Å². The number of nitrogens with one attached hydrogen (secondary N) is 2. The maximum Gasteiger partial charge on any atom is 0.325 e. The fourth-order valence-electron chi connectivity index (χ4n) is 3.60. The molecule has 1 aromatic carbocycles. The van der Waals surface area contributed by atoms with Gasteiger partial charge >= 0.3 is 6.03 Å². The van der Waals surface area contributed by atoms with Crippen molar-refractivity contribution in [3.63, 3.8) is 0 Å². The lowest BCUT2D eigenvalue weighted by molar-refractivity contribution is -0.130. The topological polar surface area (TPSA) is 116 Å². The minimum absolute atomic E-state index is 0.0264. The van der Waals surface area contributed by atoms with Crippen molar-refractivity contribution in [2.45, 2.75) is 56.4 Å². The second-order valence-electron chi connectivity index (χ2n) is 8.15. The molecule has 164 valence electrons. The molecule has 0 aromatic heterocycles. The van der Waals surface area contributed by atoms with Crippen LogP contribution in [0.3, 0.4) is 0 Å². The number of imide groups is 1. The minimum atomic E-state index is -3.54. The molecule has 0 spiro atoms. The molecule has 3 rings (SSSR count). The van der Waals surface area contributed by atoms with Crippen LogP contribution < -0.4 is 10.6 Å². The number of rotatable bonds is 6. The summed E-state index contributed by atoms with van der Waals surface area (Å²) < 4.78 is 27.1. The number of benzene rings is 1. The van der Waals surface area contributed by atoms with E-state index in [9.17, 15) is 22.8 Å². The highest BCUT2D eigenvalue weighted by molar-refractivity contribution is 7.89. The Labute approximate surface area is 176 Å². The number of urea groups is 1. The van der Waals surface area contributed by atoms with E-state index in [4.69, 9.17) is 0 Å². The molecular formula is C20H28N4O5S. The van der Waals surface area contributed by atoms with Gasteiger partial charge in [-0.3, -0.25) is 14.5 Å². The van der Waals surface area contributed by atoms with E-state index in [0.29, 0.717) is 18.8 Å². The average molecular weight is 437 g/mol. The van der Waals surface area contributed by atoms with Crippen LogP contribution in [-0.4, -0.2) is 60.6 Å². The molecule has 2 N–H and O–H groups in total. The number of carbonyl (C=O) groups excluding carboxylic acids is 3. The molecule has 9 nitrogen and oxygen atoms in total. The van der Waals surface area contributed by atoms with Crippen LogP contribution in [0.2, 0.25) is 0 Å². The van der Waals surface area contributed by atoms with E-state index in [-0.39, 0.29) is 29.7 Å². The molecular weight excluding hydrogens is 408 g/mol. The van der Waals surface area contributed by atoms with Crippen molar-refractivity contribution in [2.75, 3.05) is 25.0 Å². The molecule has 0 aliphatic carbocycles. The summed E-state index contributed by atoms with van der Waals surface area (Å²) in [5.74, 6) is -0.744. The van der Waals surface area contributed by atoms with E-state index < -0.39 is 21.6 Å². The lowest BCUT2D eigenvalue weighted by Gasteiger charge is -2.20. The summed E-state index contributed by atoms with van der Waals surface area (Å²) in [7, 11) is -3.54. The van der Waals surface area contributed by atoms with Gasteiger partial charge in [0.25, 0.3) is 5.91 Å². The quantitative estimate of drug-likeness (QED) is 0.661. The first-order valence-corrected chi connectivity index (χ1v) is 11.6. The Kier molecular flexibility index (Phi) is 6.47. The standard InChI is InChI=1S/C20H28N4O5S/c1-20(2)18(26)24(19(27)22-20)14-11-17(25)21-15-7-9-16(10-8-15)30(28,29)23-12-5-3-4-6-13-23/h7-10H,3-6,11-14H2,1-2H3,(H,21,25)(H,22,27). The number of anilines is 1. The largest absolute Gasteiger partial charge is 0.326 e. The number of sulfonamides is 1. The molecule has 2 saturated heterocycles. The fraction of sp³-hybridized carbons (Fsp3) is 0.550. The lowest BCUT2D eigenvalue weighted by atomic mass is 10.1. The van der Waals surface area contributed by atoms with E-state index in [2.05, 4.69) is 10.6 Å². The molecule has 0 radical (unpaired) electrons. The van der Waals surface area contributed by atoms with Crippen LogP contribution in [0.4, 0.5) is 10.5 Å². The highest BCUT2D eigenvalue weighted by atomic mass is 32.2. The minimum Gasteiger partial charge on any atom is -0.326 e. The molecule has 0 bridgehead atoms. The summed E-state index contributed by atoms with van der Waals surface area (Å²) in [5, 5.41) is 5.23. The highest BCUT2D eigenvalue weighted by Crippen LogP contribution is 2.22. The zero-order valence-electron chi connectivity index (χ0n) is 17.3. The van der Waals surface area contributed by atoms with E-state index >= 15 is 0 Å². The second kappa shape index (κ2) is 8.73. The number of carbonyl (C=O) groups is 3. The van der Waals surface area contributed by atoms with Crippen molar-refractivity contribution in [3.8, 4) is 0 Å². The van der Waals surface area contributed by atoms with Crippen molar-refractivity contribution in [1.82, 2.24) is 14.5 Å². The SMILES string of the molecule is CC1(C)NC(=O)N(CCC(=O)Nc2ccc(S(=O)(=O)N3CCCCCC3)cc2)C1=O. The Morgan fingerprint density at radius 3 is 2.20 bits per heavy atom. The third-order valence-corrected chi connectivity index (χ3v) is 7.26. The lowest BCUT2D eigenvalue weighted by Crippen LogP contribution is -2.40. The molecule has 30 heavy (non-hydrogen) atoms. The molecule has 2 heterocycles. The van der Waals surface area contributed by atoms with Crippen LogP contribution in [0.25, 0.3) is 0 Å². The first kappa shape index (κ1) is 22.2. The fourth-order valence-corrected chi connectivity index (χ4v) is 5.12. The highest BCUT2D eigenvalue weighted by Gasteiger charge is 2.44. The van der Waals surface area contributed by atoms with Crippen molar-refractivity contribution in [3.05, 3.63) is 24.3 Å². The van der Waals surface area contributed by atoms with Crippen LogP contribution in [0, 0.1) is 0 Å². The van der Waals surface area contributed by atoms with Gasteiger partial charge < -0.3 is 10.6 Å². The molecule has 2 aliphatic rings. The average Bonchev–Trinajstić information content (AvgIpc) is 2.90. The van der Waals surface area contributed by atoms with Gasteiger partial charge in [0.15, 0.2) is 0 Å². The zero-order valence-corrected chi connectivity index (χ0v) is 18.1. The molecule has 1 aromatic rings. The van der Waals surface area contributed by atoms with Gasteiger partial charge in [-0.2, -0.15) is 4.31 Å². The molecule has 2 aliphatic heterocycles. The second-order valence-corrected chi connectivity index (χ2v) is 10.1. The van der Waals surface area contributed by atoms with E-state index in [0.717, 1.165) is 30.6 Å². The number of nitrogens with zero attached hydrogens (tertiary/aromatic N) is 2. The smallest absolute Gasteiger partial charge is 0.325 e. The Morgan fingerprint density at radius 1 is 1.07 bits per heavy atom. The van der Waals surface area contributed by atoms with Crippen molar-refractivity contribution >= 4 is 33.6 Å². The molecule has 0 atom stereocenters.